The number of hydrogen-bond donors (Lipinski definition) is 1. The quantitative estimate of drug-likeness (QED) is 0.711. The van der Waals surface area contributed by atoms with Crippen LogP contribution in [0, 0.1) is 13.8 Å². The molecule has 0 aliphatic heterocycles. The first kappa shape index (κ1) is 16.2. The number of hydrogen-bond acceptors (Lipinski definition) is 4. The molecule has 0 aliphatic carbocycles. The van der Waals surface area contributed by atoms with E-state index in [1.54, 1.807) is 18.2 Å². The van der Waals surface area contributed by atoms with Crippen molar-refractivity contribution in [2.45, 2.75) is 20.4 Å². The Morgan fingerprint density at radius 3 is 2.67 bits per heavy atom. The Morgan fingerprint density at radius 2 is 1.96 bits per heavy atom. The number of ketones is 1. The lowest BCUT2D eigenvalue weighted by atomic mass is 10.1. The first-order valence-electron chi connectivity index (χ1n) is 7.57. The number of rotatable bonds is 5. The van der Waals surface area contributed by atoms with Crippen LogP contribution >= 0.6 is 11.3 Å². The number of benzene rings is 1. The van der Waals surface area contributed by atoms with Crippen molar-refractivity contribution in [1.29, 1.82) is 0 Å². The van der Waals surface area contributed by atoms with Gasteiger partial charge in [0.15, 0.2) is 5.76 Å². The molecule has 0 atom stereocenters. The highest BCUT2D eigenvalue weighted by Crippen LogP contribution is 2.20. The molecule has 0 radical (unpaired) electrons. The third-order valence-electron chi connectivity index (χ3n) is 3.68. The highest BCUT2D eigenvalue weighted by Gasteiger charge is 2.15. The van der Waals surface area contributed by atoms with Crippen molar-refractivity contribution >= 4 is 23.0 Å². The van der Waals surface area contributed by atoms with Crippen LogP contribution in [0.1, 0.15) is 41.8 Å². The molecule has 24 heavy (non-hydrogen) atoms. The van der Waals surface area contributed by atoms with Crippen molar-refractivity contribution in [2.75, 3.05) is 0 Å². The second-order valence-corrected chi connectivity index (χ2v) is 6.74. The SMILES string of the molecule is Cc1ccc(C(=O)NCc2ccc(C(=O)c3ccco3)s2)c(C)c1. The monoisotopic (exact) mass is 339 g/mol. The predicted molar refractivity (Wildman–Crippen MR) is 93.5 cm³/mol. The first-order valence-corrected chi connectivity index (χ1v) is 8.38. The molecule has 2 aromatic heterocycles. The van der Waals surface area contributed by atoms with Crippen LogP contribution in [-0.4, -0.2) is 11.7 Å². The molecule has 5 heteroatoms. The number of aryl methyl sites for hydroxylation is 2. The Balaban J connectivity index is 1.65. The maximum absolute atomic E-state index is 12.3. The van der Waals surface area contributed by atoms with Gasteiger partial charge in [-0.15, -0.1) is 11.3 Å². The first-order chi connectivity index (χ1) is 11.5. The fourth-order valence-corrected chi connectivity index (χ4v) is 3.35. The molecule has 4 nitrogen and oxygen atoms in total. The molecule has 0 fully saturated rings. The normalized spacial score (nSPS) is 10.6. The third kappa shape index (κ3) is 3.46. The van der Waals surface area contributed by atoms with Crippen molar-refractivity contribution in [3.05, 3.63) is 80.9 Å². The lowest BCUT2D eigenvalue weighted by molar-refractivity contribution is 0.0950. The van der Waals surface area contributed by atoms with Gasteiger partial charge >= 0.3 is 0 Å². The predicted octanol–water partition coefficient (Wildman–Crippen LogP) is 4.12. The molecule has 2 heterocycles. The molecule has 0 bridgehead atoms. The maximum atomic E-state index is 12.3. The summed E-state index contributed by atoms with van der Waals surface area (Å²) in [6, 6.07) is 12.7. The molecule has 3 rings (SSSR count). The summed E-state index contributed by atoms with van der Waals surface area (Å²) in [5.41, 5.74) is 2.75. The molecule has 0 spiro atoms. The second-order valence-electron chi connectivity index (χ2n) is 5.57. The number of furan rings is 1. The van der Waals surface area contributed by atoms with Crippen molar-refractivity contribution in [3.63, 3.8) is 0 Å². The molecule has 122 valence electrons. The van der Waals surface area contributed by atoms with Gasteiger partial charge in [0.25, 0.3) is 5.91 Å². The summed E-state index contributed by atoms with van der Waals surface area (Å²) in [6.07, 6.45) is 1.48. The minimum Gasteiger partial charge on any atom is -0.461 e. The van der Waals surface area contributed by atoms with Gasteiger partial charge in [-0.1, -0.05) is 17.7 Å². The summed E-state index contributed by atoms with van der Waals surface area (Å²) in [6.45, 7) is 4.31. The van der Waals surface area contributed by atoms with E-state index in [4.69, 9.17) is 4.42 Å². The molecule has 3 aromatic rings. The van der Waals surface area contributed by atoms with Gasteiger partial charge in [0.2, 0.25) is 5.78 Å². The molecular weight excluding hydrogens is 322 g/mol. The van der Waals surface area contributed by atoms with Crippen LogP contribution in [0.2, 0.25) is 0 Å². The topological polar surface area (TPSA) is 59.3 Å². The van der Waals surface area contributed by atoms with E-state index in [-0.39, 0.29) is 11.7 Å². The molecular formula is C19H17NO3S. The summed E-state index contributed by atoms with van der Waals surface area (Å²) in [4.78, 5) is 26.0. The molecule has 0 unspecified atom stereocenters. The summed E-state index contributed by atoms with van der Waals surface area (Å²) in [5, 5.41) is 2.90. The van der Waals surface area contributed by atoms with Gasteiger partial charge in [0, 0.05) is 10.4 Å². The number of nitrogens with one attached hydrogen (secondary N) is 1. The molecule has 1 N–H and O–H groups in total. The van der Waals surface area contributed by atoms with Gasteiger partial charge < -0.3 is 9.73 Å². The molecule has 0 aliphatic rings. The summed E-state index contributed by atoms with van der Waals surface area (Å²) in [7, 11) is 0. The largest absolute Gasteiger partial charge is 0.461 e. The third-order valence-corrected chi connectivity index (χ3v) is 4.76. The van der Waals surface area contributed by atoms with Gasteiger partial charge in [-0.25, -0.2) is 0 Å². The summed E-state index contributed by atoms with van der Waals surface area (Å²) < 4.78 is 5.13. The Labute approximate surface area is 144 Å². The van der Waals surface area contributed by atoms with Gasteiger partial charge in [0.1, 0.15) is 0 Å². The smallest absolute Gasteiger partial charge is 0.251 e. The van der Waals surface area contributed by atoms with Gasteiger partial charge in [-0.3, -0.25) is 9.59 Å². The van der Waals surface area contributed by atoms with Crippen LogP contribution in [0.4, 0.5) is 0 Å². The van der Waals surface area contributed by atoms with Gasteiger partial charge in [-0.2, -0.15) is 0 Å². The van der Waals surface area contributed by atoms with Crippen LogP contribution in [0.15, 0.2) is 53.1 Å². The van der Waals surface area contributed by atoms with Crippen LogP contribution in [0.5, 0.6) is 0 Å². The van der Waals surface area contributed by atoms with Crippen molar-refractivity contribution in [1.82, 2.24) is 5.32 Å². The van der Waals surface area contributed by atoms with Crippen molar-refractivity contribution in [3.8, 4) is 0 Å². The lowest BCUT2D eigenvalue weighted by Crippen LogP contribution is -2.23. The Hall–Kier alpha value is -2.66. The van der Waals surface area contributed by atoms with E-state index in [0.717, 1.165) is 16.0 Å². The summed E-state index contributed by atoms with van der Waals surface area (Å²) >= 11 is 1.36. The Morgan fingerprint density at radius 1 is 1.12 bits per heavy atom. The second kappa shape index (κ2) is 6.84. The van der Waals surface area contributed by atoms with Crippen molar-refractivity contribution in [2.24, 2.45) is 0 Å². The average molecular weight is 339 g/mol. The van der Waals surface area contributed by atoms with E-state index in [9.17, 15) is 9.59 Å². The minimum atomic E-state index is -0.142. The molecule has 0 saturated heterocycles. The van der Waals surface area contributed by atoms with Crippen LogP contribution in [0.3, 0.4) is 0 Å². The minimum absolute atomic E-state index is 0.111. The average Bonchev–Trinajstić information content (AvgIpc) is 3.24. The molecule has 1 aromatic carbocycles. The molecule has 1 amide bonds. The van der Waals surface area contributed by atoms with Crippen LogP contribution in [-0.2, 0) is 6.54 Å². The number of carbonyl (C=O) groups is 2. The van der Waals surface area contributed by atoms with E-state index < -0.39 is 0 Å². The van der Waals surface area contributed by atoms with E-state index in [1.807, 2.05) is 38.1 Å². The maximum Gasteiger partial charge on any atom is 0.251 e. The highest BCUT2D eigenvalue weighted by atomic mass is 32.1. The number of thiophene rings is 1. The van der Waals surface area contributed by atoms with Crippen LogP contribution in [0.25, 0.3) is 0 Å². The van der Waals surface area contributed by atoms with Gasteiger partial charge in [-0.05, 0) is 49.7 Å². The zero-order valence-corrected chi connectivity index (χ0v) is 14.3. The zero-order chi connectivity index (χ0) is 17.1. The highest BCUT2D eigenvalue weighted by molar-refractivity contribution is 7.14. The fourth-order valence-electron chi connectivity index (χ4n) is 2.46. The fraction of sp³-hybridized carbons (Fsp3) is 0.158. The zero-order valence-electron chi connectivity index (χ0n) is 13.5. The molecule has 0 saturated carbocycles. The Bertz CT molecular complexity index is 878. The number of carbonyl (C=O) groups excluding carboxylic acids is 2. The van der Waals surface area contributed by atoms with E-state index in [2.05, 4.69) is 5.32 Å². The van der Waals surface area contributed by atoms with Gasteiger partial charge in [0.05, 0.1) is 17.7 Å². The Kier molecular flexibility index (Phi) is 4.62. The van der Waals surface area contributed by atoms with E-state index in [0.29, 0.717) is 22.7 Å². The number of amides is 1. The van der Waals surface area contributed by atoms with Crippen LogP contribution < -0.4 is 5.32 Å². The van der Waals surface area contributed by atoms with E-state index in [1.165, 1.54) is 17.6 Å². The summed E-state index contributed by atoms with van der Waals surface area (Å²) in [5.74, 6) is 0.0690. The van der Waals surface area contributed by atoms with Crippen molar-refractivity contribution < 1.29 is 14.0 Å². The standard InChI is InChI=1S/C19H17NO3S/c1-12-5-7-15(13(2)10-12)19(22)20-11-14-6-8-17(24-14)18(21)16-4-3-9-23-16/h3-10H,11H2,1-2H3,(H,20,22). The lowest BCUT2D eigenvalue weighted by Gasteiger charge is -2.07. The van der Waals surface area contributed by atoms with E-state index >= 15 is 0 Å².